The summed E-state index contributed by atoms with van der Waals surface area (Å²) in [5.74, 6) is 1.07. The molecule has 1 unspecified atom stereocenters. The van der Waals surface area contributed by atoms with Crippen molar-refractivity contribution in [1.29, 1.82) is 0 Å². The molecule has 2 aliphatic rings. The van der Waals surface area contributed by atoms with Gasteiger partial charge in [-0.05, 0) is 56.8 Å². The normalized spacial score (nSPS) is 21.8. The monoisotopic (exact) mass is 353 g/mol. The van der Waals surface area contributed by atoms with Crippen molar-refractivity contribution in [3.63, 3.8) is 0 Å². The van der Waals surface area contributed by atoms with Crippen LogP contribution in [0.1, 0.15) is 31.2 Å². The number of likely N-dealkylation sites (tertiary alicyclic amines) is 2. The average molecular weight is 354 g/mol. The fourth-order valence-electron chi connectivity index (χ4n) is 4.49. The summed E-state index contributed by atoms with van der Waals surface area (Å²) < 4.78 is 0. The van der Waals surface area contributed by atoms with Crippen molar-refractivity contribution in [3.8, 4) is 0 Å². The summed E-state index contributed by atoms with van der Waals surface area (Å²) in [4.78, 5) is 13.0. The minimum atomic E-state index is 0.724. The molecule has 0 radical (unpaired) electrons. The lowest BCUT2D eigenvalue weighted by Gasteiger charge is -2.25. The second-order valence-corrected chi connectivity index (χ2v) is 7.57. The van der Waals surface area contributed by atoms with E-state index in [0.29, 0.717) is 0 Å². The molecule has 1 aromatic heterocycles. The number of nitrogens with one attached hydrogen (secondary N) is 2. The highest BCUT2D eigenvalue weighted by molar-refractivity contribution is 5.83. The summed E-state index contributed by atoms with van der Waals surface area (Å²) >= 11 is 0. The number of hydrogen-bond acceptors (Lipinski definition) is 2. The molecule has 0 bridgehead atoms. The maximum absolute atomic E-state index is 4.52. The molecule has 4 rings (SSSR count). The van der Waals surface area contributed by atoms with Crippen molar-refractivity contribution in [3.05, 3.63) is 36.0 Å². The first-order chi connectivity index (χ1) is 12.8. The summed E-state index contributed by atoms with van der Waals surface area (Å²) in [5.41, 5.74) is 2.64. The van der Waals surface area contributed by atoms with E-state index >= 15 is 0 Å². The van der Waals surface area contributed by atoms with Gasteiger partial charge in [-0.15, -0.1) is 0 Å². The van der Waals surface area contributed by atoms with Crippen molar-refractivity contribution in [2.24, 2.45) is 4.99 Å². The molecule has 0 amide bonds. The summed E-state index contributed by atoms with van der Waals surface area (Å²) in [6, 6.07) is 9.27. The standard InChI is InChI=1S/C21H31N5/c1-22-21(26-14-10-18(16-26)25-12-4-5-13-25)23-11-6-7-17-15-24-20-9-3-2-8-19(17)20/h2-3,8-9,15,18,24H,4-7,10-14,16H2,1H3,(H,22,23). The Morgan fingerprint density at radius 3 is 2.92 bits per heavy atom. The van der Waals surface area contributed by atoms with Gasteiger partial charge in [-0.2, -0.15) is 0 Å². The van der Waals surface area contributed by atoms with Gasteiger partial charge in [0.05, 0.1) is 0 Å². The maximum Gasteiger partial charge on any atom is 0.193 e. The molecule has 140 valence electrons. The second kappa shape index (κ2) is 8.12. The first kappa shape index (κ1) is 17.4. The number of fused-ring (bicyclic) bond motifs is 1. The predicted molar refractivity (Wildman–Crippen MR) is 109 cm³/mol. The number of guanidine groups is 1. The van der Waals surface area contributed by atoms with Crippen LogP contribution in [-0.2, 0) is 6.42 Å². The van der Waals surface area contributed by atoms with Crippen LogP contribution in [0.3, 0.4) is 0 Å². The fraction of sp³-hybridized carbons (Fsp3) is 0.571. The van der Waals surface area contributed by atoms with Gasteiger partial charge in [0.2, 0.25) is 0 Å². The van der Waals surface area contributed by atoms with Gasteiger partial charge in [-0.1, -0.05) is 18.2 Å². The van der Waals surface area contributed by atoms with E-state index in [1.807, 2.05) is 7.05 Å². The van der Waals surface area contributed by atoms with Gasteiger partial charge < -0.3 is 15.2 Å². The van der Waals surface area contributed by atoms with Crippen molar-refractivity contribution in [2.45, 2.75) is 38.1 Å². The van der Waals surface area contributed by atoms with Crippen LogP contribution in [0.15, 0.2) is 35.5 Å². The van der Waals surface area contributed by atoms with E-state index < -0.39 is 0 Å². The lowest BCUT2D eigenvalue weighted by atomic mass is 10.1. The van der Waals surface area contributed by atoms with E-state index in [1.54, 1.807) is 0 Å². The second-order valence-electron chi connectivity index (χ2n) is 7.57. The number of hydrogen-bond donors (Lipinski definition) is 2. The van der Waals surface area contributed by atoms with Crippen LogP contribution in [0.5, 0.6) is 0 Å². The molecule has 1 aromatic carbocycles. The van der Waals surface area contributed by atoms with Gasteiger partial charge in [0.15, 0.2) is 5.96 Å². The molecule has 5 nitrogen and oxygen atoms in total. The predicted octanol–water partition coefficient (Wildman–Crippen LogP) is 2.85. The Bertz CT molecular complexity index is 744. The zero-order valence-electron chi connectivity index (χ0n) is 15.9. The lowest BCUT2D eigenvalue weighted by molar-refractivity contribution is 0.249. The molecule has 2 aromatic rings. The van der Waals surface area contributed by atoms with Crippen molar-refractivity contribution in [1.82, 2.24) is 20.1 Å². The minimum Gasteiger partial charge on any atom is -0.361 e. The van der Waals surface area contributed by atoms with Crippen LogP contribution in [0.2, 0.25) is 0 Å². The van der Waals surface area contributed by atoms with E-state index in [4.69, 9.17) is 0 Å². The number of aryl methyl sites for hydroxylation is 1. The molecule has 0 saturated carbocycles. The minimum absolute atomic E-state index is 0.724. The Labute approximate surface area is 156 Å². The van der Waals surface area contributed by atoms with E-state index in [1.165, 1.54) is 48.8 Å². The van der Waals surface area contributed by atoms with Crippen molar-refractivity contribution < 1.29 is 0 Å². The third-order valence-corrected chi connectivity index (χ3v) is 5.91. The average Bonchev–Trinajstić information content (AvgIpc) is 3.42. The van der Waals surface area contributed by atoms with Crippen LogP contribution in [0.25, 0.3) is 10.9 Å². The summed E-state index contributed by atoms with van der Waals surface area (Å²) in [7, 11) is 1.91. The zero-order valence-corrected chi connectivity index (χ0v) is 15.9. The van der Waals surface area contributed by atoms with Crippen LogP contribution in [0.4, 0.5) is 0 Å². The van der Waals surface area contributed by atoms with Gasteiger partial charge in [0.1, 0.15) is 0 Å². The van der Waals surface area contributed by atoms with Crippen LogP contribution >= 0.6 is 0 Å². The fourth-order valence-corrected chi connectivity index (χ4v) is 4.49. The van der Waals surface area contributed by atoms with Crippen LogP contribution in [-0.4, -0.2) is 66.6 Å². The Balaban J connectivity index is 1.24. The quantitative estimate of drug-likeness (QED) is 0.494. The molecule has 1 atom stereocenters. The lowest BCUT2D eigenvalue weighted by Crippen LogP contribution is -2.43. The van der Waals surface area contributed by atoms with Gasteiger partial charge in [-0.25, -0.2) is 0 Å². The molecular weight excluding hydrogens is 322 g/mol. The highest BCUT2D eigenvalue weighted by Crippen LogP contribution is 2.21. The number of aliphatic imine (C=N–C) groups is 1. The van der Waals surface area contributed by atoms with Gasteiger partial charge >= 0.3 is 0 Å². The number of para-hydroxylation sites is 1. The Morgan fingerprint density at radius 2 is 2.08 bits per heavy atom. The van der Waals surface area contributed by atoms with E-state index in [2.05, 4.69) is 55.6 Å². The van der Waals surface area contributed by atoms with Crippen molar-refractivity contribution in [2.75, 3.05) is 39.8 Å². The zero-order chi connectivity index (χ0) is 17.8. The number of benzene rings is 1. The van der Waals surface area contributed by atoms with E-state index in [9.17, 15) is 0 Å². The smallest absolute Gasteiger partial charge is 0.193 e. The molecule has 0 aliphatic carbocycles. The number of H-pyrrole nitrogens is 1. The molecule has 0 spiro atoms. The van der Waals surface area contributed by atoms with E-state index in [-0.39, 0.29) is 0 Å². The first-order valence-electron chi connectivity index (χ1n) is 10.1. The highest BCUT2D eigenvalue weighted by atomic mass is 15.3. The third-order valence-electron chi connectivity index (χ3n) is 5.91. The van der Waals surface area contributed by atoms with Crippen molar-refractivity contribution >= 4 is 16.9 Å². The summed E-state index contributed by atoms with van der Waals surface area (Å²) in [5, 5.41) is 4.93. The Morgan fingerprint density at radius 1 is 1.23 bits per heavy atom. The summed E-state index contributed by atoms with van der Waals surface area (Å²) in [6.07, 6.45) is 8.37. The third kappa shape index (κ3) is 3.73. The van der Waals surface area contributed by atoms with E-state index in [0.717, 1.165) is 44.5 Å². The van der Waals surface area contributed by atoms with Gasteiger partial charge in [-0.3, -0.25) is 9.89 Å². The molecule has 26 heavy (non-hydrogen) atoms. The molecule has 5 heteroatoms. The molecular formula is C21H31N5. The topological polar surface area (TPSA) is 46.7 Å². The molecule has 2 saturated heterocycles. The Kier molecular flexibility index (Phi) is 5.44. The Hall–Kier alpha value is -2.01. The number of aromatic amines is 1. The molecule has 2 aliphatic heterocycles. The highest BCUT2D eigenvalue weighted by Gasteiger charge is 2.30. The summed E-state index contributed by atoms with van der Waals surface area (Å²) in [6.45, 7) is 5.80. The maximum atomic E-state index is 4.52. The van der Waals surface area contributed by atoms with Crippen LogP contribution < -0.4 is 5.32 Å². The molecule has 2 N–H and O–H groups in total. The van der Waals surface area contributed by atoms with Gasteiger partial charge in [0.25, 0.3) is 0 Å². The molecule has 2 fully saturated rings. The number of rotatable bonds is 5. The van der Waals surface area contributed by atoms with Crippen LogP contribution in [0, 0.1) is 0 Å². The van der Waals surface area contributed by atoms with Gasteiger partial charge in [0, 0.05) is 49.8 Å². The number of aromatic nitrogens is 1. The largest absolute Gasteiger partial charge is 0.361 e. The molecule has 3 heterocycles. The first-order valence-corrected chi connectivity index (χ1v) is 10.1. The number of nitrogens with zero attached hydrogens (tertiary/aromatic N) is 3. The SMILES string of the molecule is CN=C(NCCCc1c[nH]c2ccccc12)N1CCC(N2CCCC2)C1.